The average molecular weight is 586 g/mol. The molecule has 3 aromatic rings. The second-order valence-electron chi connectivity index (χ2n) is 5.72. The van der Waals surface area contributed by atoms with Gasteiger partial charge in [-0.1, -0.05) is 39.8 Å². The molecule has 0 saturated heterocycles. The molecule has 30 heavy (non-hydrogen) atoms. The number of nitrogens with zero attached hydrogens (tertiary/aromatic N) is 2. The molecule has 1 radical (unpaired) electrons. The van der Waals surface area contributed by atoms with E-state index in [1.807, 2.05) is 90.9 Å². The van der Waals surface area contributed by atoms with Gasteiger partial charge in [0.2, 0.25) is 0 Å². The molecule has 0 amide bonds. The van der Waals surface area contributed by atoms with E-state index < -0.39 is 5.97 Å². The van der Waals surface area contributed by atoms with Crippen LogP contribution in [0.15, 0.2) is 48.7 Å². The summed E-state index contributed by atoms with van der Waals surface area (Å²) in [6.07, 6.45) is 1.79. The normalized spacial score (nSPS) is 8.67. The van der Waals surface area contributed by atoms with Crippen molar-refractivity contribution < 1.29 is 30.0 Å². The second kappa shape index (κ2) is 16.4. The van der Waals surface area contributed by atoms with Crippen molar-refractivity contribution in [1.82, 2.24) is 9.97 Å². The van der Waals surface area contributed by atoms with Crippen LogP contribution in [0, 0.1) is 33.8 Å². The number of aryl methyl sites for hydroxylation is 1. The number of aromatic nitrogens is 2. The van der Waals surface area contributed by atoms with Gasteiger partial charge in [-0.15, -0.1) is 35.9 Å². The van der Waals surface area contributed by atoms with Gasteiger partial charge in [-0.3, -0.25) is 0 Å². The van der Waals surface area contributed by atoms with Crippen LogP contribution in [-0.2, 0) is 20.1 Å². The number of benzene rings is 1. The molecule has 0 unspecified atom stereocenters. The SMILES string of the molecule is CC.CC.Cc1nc(C(=O)O)c(C)c(C)c1C.[Ir].[c-]1ccccc1-c1ccccn1. The molecular weight excluding hydrogens is 553 g/mol. The van der Waals surface area contributed by atoms with Crippen molar-refractivity contribution in [2.45, 2.75) is 55.4 Å². The molecular formula is C25H33IrN2O2-. The van der Waals surface area contributed by atoms with Crippen molar-refractivity contribution in [1.29, 1.82) is 0 Å². The first-order valence-electron chi connectivity index (χ1n) is 9.97. The largest absolute Gasteiger partial charge is 0.477 e. The van der Waals surface area contributed by atoms with Crippen molar-refractivity contribution in [3.05, 3.63) is 82.8 Å². The number of rotatable bonds is 2. The van der Waals surface area contributed by atoms with Gasteiger partial charge in [0, 0.05) is 32.0 Å². The number of hydrogen-bond donors (Lipinski definition) is 1. The Balaban J connectivity index is 0. The second-order valence-corrected chi connectivity index (χ2v) is 5.72. The van der Waals surface area contributed by atoms with E-state index >= 15 is 0 Å². The van der Waals surface area contributed by atoms with E-state index in [1.54, 1.807) is 13.1 Å². The Morgan fingerprint density at radius 2 is 1.47 bits per heavy atom. The summed E-state index contributed by atoms with van der Waals surface area (Å²) in [6, 6.07) is 16.8. The topological polar surface area (TPSA) is 63.1 Å². The van der Waals surface area contributed by atoms with Crippen LogP contribution >= 0.6 is 0 Å². The molecule has 3 rings (SSSR count). The van der Waals surface area contributed by atoms with Crippen molar-refractivity contribution >= 4 is 5.97 Å². The molecule has 4 nitrogen and oxygen atoms in total. The Morgan fingerprint density at radius 1 is 0.867 bits per heavy atom. The quantitative estimate of drug-likeness (QED) is 0.344. The predicted molar refractivity (Wildman–Crippen MR) is 121 cm³/mol. The molecule has 1 N–H and O–H groups in total. The minimum Gasteiger partial charge on any atom is -0.477 e. The third-order valence-electron chi connectivity index (χ3n) is 4.15. The van der Waals surface area contributed by atoms with Gasteiger partial charge in [0.25, 0.3) is 0 Å². The van der Waals surface area contributed by atoms with Crippen molar-refractivity contribution in [3.8, 4) is 11.3 Å². The molecule has 0 aliphatic carbocycles. The van der Waals surface area contributed by atoms with Crippen LogP contribution in [0.3, 0.4) is 0 Å². The summed E-state index contributed by atoms with van der Waals surface area (Å²) in [5, 5.41) is 8.84. The molecule has 1 aromatic carbocycles. The maximum atomic E-state index is 10.8. The molecule has 0 saturated carbocycles. The van der Waals surface area contributed by atoms with Crippen LogP contribution in [-0.4, -0.2) is 21.0 Å². The first kappa shape index (κ1) is 29.8. The molecule has 0 bridgehead atoms. The minimum atomic E-state index is -0.955. The first-order valence-corrected chi connectivity index (χ1v) is 9.97. The van der Waals surface area contributed by atoms with Gasteiger partial charge in [-0.2, -0.15) is 0 Å². The van der Waals surface area contributed by atoms with Gasteiger partial charge in [0.1, 0.15) is 0 Å². The zero-order valence-corrected chi connectivity index (χ0v) is 21.6. The number of carbonyl (C=O) groups is 1. The Bertz CT molecular complexity index is 830. The van der Waals surface area contributed by atoms with Crippen LogP contribution in [0.2, 0.25) is 0 Å². The van der Waals surface area contributed by atoms with Crippen LogP contribution < -0.4 is 0 Å². The molecule has 2 heterocycles. The Morgan fingerprint density at radius 3 is 1.93 bits per heavy atom. The summed E-state index contributed by atoms with van der Waals surface area (Å²) in [5.41, 5.74) is 5.82. The van der Waals surface area contributed by atoms with E-state index in [1.165, 1.54) is 0 Å². The molecule has 0 spiro atoms. The fourth-order valence-electron chi connectivity index (χ4n) is 2.35. The maximum Gasteiger partial charge on any atom is 0.354 e. The molecule has 5 heteroatoms. The van der Waals surface area contributed by atoms with E-state index in [0.717, 1.165) is 33.6 Å². The van der Waals surface area contributed by atoms with E-state index in [9.17, 15) is 4.79 Å². The van der Waals surface area contributed by atoms with E-state index in [2.05, 4.69) is 16.0 Å². The van der Waals surface area contributed by atoms with E-state index in [-0.39, 0.29) is 25.8 Å². The predicted octanol–water partition coefficient (Wildman–Crippen LogP) is 6.61. The van der Waals surface area contributed by atoms with E-state index in [4.69, 9.17) is 5.11 Å². The fourth-order valence-corrected chi connectivity index (χ4v) is 2.35. The third kappa shape index (κ3) is 8.98. The molecule has 0 atom stereocenters. The van der Waals surface area contributed by atoms with Gasteiger partial charge in [-0.05, 0) is 56.1 Å². The van der Waals surface area contributed by atoms with Gasteiger partial charge >= 0.3 is 5.97 Å². The summed E-state index contributed by atoms with van der Waals surface area (Å²) in [6.45, 7) is 15.5. The molecule has 165 valence electrons. The van der Waals surface area contributed by atoms with Crippen LogP contribution in [0.4, 0.5) is 0 Å². The molecule has 0 aliphatic rings. The van der Waals surface area contributed by atoms with Gasteiger partial charge < -0.3 is 10.1 Å². The fraction of sp³-hybridized carbons (Fsp3) is 0.320. The van der Waals surface area contributed by atoms with Crippen molar-refractivity contribution in [3.63, 3.8) is 0 Å². The first-order chi connectivity index (χ1) is 13.9. The number of hydrogen-bond acceptors (Lipinski definition) is 3. The number of carboxylic acids is 1. The summed E-state index contributed by atoms with van der Waals surface area (Å²) in [5.74, 6) is -0.955. The average Bonchev–Trinajstić information content (AvgIpc) is 2.79. The summed E-state index contributed by atoms with van der Waals surface area (Å²) in [7, 11) is 0. The number of pyridine rings is 2. The minimum absolute atomic E-state index is 0. The Labute approximate surface area is 195 Å². The van der Waals surface area contributed by atoms with Gasteiger partial charge in [-0.25, -0.2) is 9.78 Å². The van der Waals surface area contributed by atoms with Crippen LogP contribution in [0.5, 0.6) is 0 Å². The van der Waals surface area contributed by atoms with Gasteiger partial charge in [0.05, 0.1) is 0 Å². The van der Waals surface area contributed by atoms with E-state index in [0.29, 0.717) is 0 Å². The summed E-state index contributed by atoms with van der Waals surface area (Å²) in [4.78, 5) is 19.0. The zero-order valence-electron chi connectivity index (χ0n) is 19.2. The summed E-state index contributed by atoms with van der Waals surface area (Å²) >= 11 is 0. The number of aromatic carboxylic acids is 1. The Kier molecular flexibility index (Phi) is 16.3. The zero-order chi connectivity index (χ0) is 22.4. The number of carboxylic acid groups (broad SMARTS) is 1. The summed E-state index contributed by atoms with van der Waals surface area (Å²) < 4.78 is 0. The van der Waals surface area contributed by atoms with Crippen molar-refractivity contribution in [2.24, 2.45) is 0 Å². The third-order valence-corrected chi connectivity index (χ3v) is 4.15. The molecule has 0 aliphatic heterocycles. The Hall–Kier alpha value is -2.36. The van der Waals surface area contributed by atoms with Crippen LogP contribution in [0.25, 0.3) is 11.3 Å². The smallest absolute Gasteiger partial charge is 0.354 e. The maximum absolute atomic E-state index is 10.8. The van der Waals surface area contributed by atoms with Gasteiger partial charge in [0.15, 0.2) is 5.69 Å². The standard InChI is InChI=1S/C11H8N.C10H13NO2.2C2H6.Ir/c1-2-6-10(7-3-1)11-8-4-5-9-12-11;1-5-6(2)8(4)11-9(7(5)3)10(12)13;2*1-2;/h1-6,8-9H;1-4H3,(H,12,13);2*1-2H3;/q-1;;;;. The molecule has 2 aromatic heterocycles. The monoisotopic (exact) mass is 586 g/mol. The van der Waals surface area contributed by atoms with Crippen LogP contribution in [0.1, 0.15) is 60.6 Å². The molecule has 0 fully saturated rings. The van der Waals surface area contributed by atoms with Crippen molar-refractivity contribution in [2.75, 3.05) is 0 Å².